The van der Waals surface area contributed by atoms with E-state index in [-0.39, 0.29) is 0 Å². The second-order valence-electron chi connectivity index (χ2n) is 6.77. The second-order valence-corrected chi connectivity index (χ2v) is 6.77. The Kier molecular flexibility index (Phi) is 5.14. The number of hydrogen-bond acceptors (Lipinski definition) is 3. The molecule has 2 unspecified atom stereocenters. The van der Waals surface area contributed by atoms with Crippen LogP contribution in [-0.2, 0) is 5.41 Å². The smallest absolute Gasteiger partial charge is 0.117 e. The minimum atomic E-state index is -0.531. The van der Waals surface area contributed by atoms with Crippen LogP contribution in [0.5, 0.6) is 0 Å². The van der Waals surface area contributed by atoms with Crippen LogP contribution < -0.4 is 0 Å². The number of aliphatic hydroxyl groups excluding tert-OH is 1. The number of aliphatic hydroxyl groups is 1. The van der Waals surface area contributed by atoms with Crippen LogP contribution in [0.15, 0.2) is 42.0 Å². The summed E-state index contributed by atoms with van der Waals surface area (Å²) in [6.07, 6.45) is 12.3. The third-order valence-corrected chi connectivity index (χ3v) is 5.07. The van der Waals surface area contributed by atoms with E-state index in [9.17, 15) is 5.11 Å². The molecule has 0 saturated heterocycles. The van der Waals surface area contributed by atoms with Gasteiger partial charge >= 0.3 is 0 Å². The third-order valence-electron chi connectivity index (χ3n) is 5.07. The Morgan fingerprint density at radius 1 is 1.17 bits per heavy atom. The molecule has 1 aromatic carbocycles. The number of para-hydroxylation sites is 1. The predicted octanol–water partition coefficient (Wildman–Crippen LogP) is 4.43. The van der Waals surface area contributed by atoms with Crippen molar-refractivity contribution in [3.05, 3.63) is 47.6 Å². The van der Waals surface area contributed by atoms with E-state index in [2.05, 4.69) is 47.5 Å². The van der Waals surface area contributed by atoms with Gasteiger partial charge in [-0.2, -0.15) is 15.4 Å². The number of nitrogens with zero attached hydrogens (tertiary/aromatic N) is 2. The first-order valence-electron chi connectivity index (χ1n) is 9.09. The summed E-state index contributed by atoms with van der Waals surface area (Å²) in [6.45, 7) is 4.40. The van der Waals surface area contributed by atoms with Crippen molar-refractivity contribution in [1.29, 1.82) is 0 Å². The van der Waals surface area contributed by atoms with Gasteiger partial charge in [0.15, 0.2) is 0 Å². The van der Waals surface area contributed by atoms with Crippen LogP contribution in [0.2, 0.25) is 0 Å². The number of benzene rings is 1. The lowest BCUT2D eigenvalue weighted by Gasteiger charge is -2.38. The normalized spacial score (nSPS) is 23.6. The molecule has 4 nitrogen and oxygen atoms in total. The van der Waals surface area contributed by atoms with Crippen molar-refractivity contribution in [2.45, 2.75) is 63.9 Å². The molecule has 1 aliphatic rings. The molecule has 2 atom stereocenters. The number of aromatic amines is 1. The van der Waals surface area contributed by atoms with Crippen molar-refractivity contribution in [2.24, 2.45) is 0 Å². The van der Waals surface area contributed by atoms with E-state index in [1.54, 1.807) is 0 Å². The fraction of sp³-hybridized carbons (Fsp3) is 0.500. The molecule has 1 heterocycles. The van der Waals surface area contributed by atoms with E-state index in [4.69, 9.17) is 0 Å². The molecule has 128 valence electrons. The first kappa shape index (κ1) is 16.9. The topological polar surface area (TPSA) is 61.8 Å². The predicted molar refractivity (Wildman–Crippen MR) is 97.8 cm³/mol. The molecule has 4 heteroatoms. The third kappa shape index (κ3) is 3.03. The second kappa shape index (κ2) is 7.31. The maximum atomic E-state index is 10.9. The molecule has 2 N–H and O–H groups in total. The number of nitrogens with one attached hydrogen (secondary N) is 1. The molecule has 0 bridgehead atoms. The molecule has 3 rings (SSSR count). The van der Waals surface area contributed by atoms with E-state index < -0.39 is 11.5 Å². The van der Waals surface area contributed by atoms with Crippen LogP contribution in [0.4, 0.5) is 0 Å². The Morgan fingerprint density at radius 3 is 2.79 bits per heavy atom. The van der Waals surface area contributed by atoms with E-state index >= 15 is 0 Å². The van der Waals surface area contributed by atoms with Crippen molar-refractivity contribution in [3.8, 4) is 0 Å². The van der Waals surface area contributed by atoms with E-state index in [1.165, 1.54) is 18.4 Å². The van der Waals surface area contributed by atoms with Gasteiger partial charge in [0.1, 0.15) is 11.0 Å². The van der Waals surface area contributed by atoms with Crippen molar-refractivity contribution in [1.82, 2.24) is 15.4 Å². The van der Waals surface area contributed by atoms with Crippen LogP contribution in [-0.4, -0.2) is 26.6 Å². The number of H-pyrrole nitrogens is 1. The molecule has 0 fully saturated rings. The highest BCUT2D eigenvalue weighted by Gasteiger charge is 2.39. The fourth-order valence-electron chi connectivity index (χ4n) is 3.69. The molecule has 0 saturated carbocycles. The van der Waals surface area contributed by atoms with Crippen LogP contribution in [0.1, 0.15) is 57.9 Å². The lowest BCUT2D eigenvalue weighted by Crippen LogP contribution is -2.39. The number of unbranched alkanes of at least 4 members (excludes halogenated alkanes) is 2. The van der Waals surface area contributed by atoms with Gasteiger partial charge in [-0.25, -0.2) is 0 Å². The molecule has 0 amide bonds. The Labute approximate surface area is 143 Å². The Balaban J connectivity index is 2.11. The number of hydrogen-bond donors (Lipinski definition) is 2. The number of rotatable bonds is 7. The van der Waals surface area contributed by atoms with E-state index in [1.807, 2.05) is 18.2 Å². The zero-order chi connectivity index (χ0) is 17.0. The minimum Gasteiger partial charge on any atom is -0.388 e. The summed E-state index contributed by atoms with van der Waals surface area (Å²) in [5.41, 5.74) is 3.71. The lowest BCUT2D eigenvalue weighted by atomic mass is 9.68. The highest BCUT2D eigenvalue weighted by molar-refractivity contribution is 5.79. The van der Waals surface area contributed by atoms with Gasteiger partial charge in [-0.05, 0) is 30.9 Å². The van der Waals surface area contributed by atoms with Crippen LogP contribution in [0, 0.1) is 0 Å². The van der Waals surface area contributed by atoms with Crippen LogP contribution >= 0.6 is 0 Å². The maximum absolute atomic E-state index is 10.9. The Hall–Kier alpha value is -1.94. The minimum absolute atomic E-state index is 0.412. The molecule has 0 radical (unpaired) electrons. The average Bonchev–Trinajstić information content (AvgIpc) is 3.08. The van der Waals surface area contributed by atoms with Gasteiger partial charge in [-0.15, -0.1) is 0 Å². The first-order valence-corrected chi connectivity index (χ1v) is 9.09. The zero-order valence-electron chi connectivity index (χ0n) is 14.6. The highest BCUT2D eigenvalue weighted by atomic mass is 16.3. The molecule has 2 aromatic rings. The summed E-state index contributed by atoms with van der Waals surface area (Å²) in [6, 6.07) is 6.07. The number of aromatic nitrogens is 3. The summed E-state index contributed by atoms with van der Waals surface area (Å²) in [7, 11) is 0. The molecule has 1 aliphatic carbocycles. The van der Waals surface area contributed by atoms with Gasteiger partial charge < -0.3 is 5.11 Å². The summed E-state index contributed by atoms with van der Waals surface area (Å²) in [5, 5.41) is 22.3. The summed E-state index contributed by atoms with van der Waals surface area (Å²) >= 11 is 0. The molecule has 0 aliphatic heterocycles. The average molecular weight is 325 g/mol. The Bertz CT molecular complexity index is 746. The molecular weight excluding hydrogens is 298 g/mol. The van der Waals surface area contributed by atoms with Gasteiger partial charge in [-0.3, -0.25) is 0 Å². The number of allylic oxidation sites excluding steroid dienone is 2. The van der Waals surface area contributed by atoms with E-state index in [0.717, 1.165) is 42.3 Å². The van der Waals surface area contributed by atoms with Gasteiger partial charge in [0, 0.05) is 5.41 Å². The molecular formula is C20H27N3O. The number of fused-ring (bicyclic) bond motifs is 1. The summed E-state index contributed by atoms with van der Waals surface area (Å²) in [4.78, 5) is 0. The van der Waals surface area contributed by atoms with Crippen molar-refractivity contribution in [2.75, 3.05) is 0 Å². The quantitative estimate of drug-likeness (QED) is 0.791. The fourth-order valence-corrected chi connectivity index (χ4v) is 3.69. The van der Waals surface area contributed by atoms with Gasteiger partial charge in [0.25, 0.3) is 0 Å². The van der Waals surface area contributed by atoms with Gasteiger partial charge in [-0.1, -0.05) is 69.0 Å². The maximum Gasteiger partial charge on any atom is 0.117 e. The van der Waals surface area contributed by atoms with Crippen molar-refractivity contribution >= 4 is 11.0 Å². The zero-order valence-corrected chi connectivity index (χ0v) is 14.6. The SMILES string of the molecule is CCCCC1=CC(CCCC)(c2cccc3n[nH]nc23)C(O)C=C1. The Morgan fingerprint density at radius 2 is 2.00 bits per heavy atom. The highest BCUT2D eigenvalue weighted by Crippen LogP contribution is 2.42. The van der Waals surface area contributed by atoms with Crippen LogP contribution in [0.25, 0.3) is 11.0 Å². The van der Waals surface area contributed by atoms with Gasteiger partial charge in [0.2, 0.25) is 0 Å². The largest absolute Gasteiger partial charge is 0.388 e. The van der Waals surface area contributed by atoms with Crippen molar-refractivity contribution < 1.29 is 5.11 Å². The standard InChI is InChI=1S/C20H27N3O/c1-3-5-8-15-11-12-18(24)20(14-15,13-6-4-2)16-9-7-10-17-19(16)22-23-21-17/h7,9-12,14,18,24H,3-6,8,13H2,1-2H3,(H,21,22,23). The van der Waals surface area contributed by atoms with Crippen molar-refractivity contribution in [3.63, 3.8) is 0 Å². The van der Waals surface area contributed by atoms with Gasteiger partial charge in [0.05, 0.1) is 6.10 Å². The molecule has 0 spiro atoms. The monoisotopic (exact) mass is 325 g/mol. The first-order chi connectivity index (χ1) is 11.7. The van der Waals surface area contributed by atoms with Crippen LogP contribution in [0.3, 0.4) is 0 Å². The summed E-state index contributed by atoms with van der Waals surface area (Å²) < 4.78 is 0. The van der Waals surface area contributed by atoms with E-state index in [0.29, 0.717) is 0 Å². The molecule has 24 heavy (non-hydrogen) atoms. The summed E-state index contributed by atoms with van der Waals surface area (Å²) in [5.74, 6) is 0. The molecule has 1 aromatic heterocycles. The lowest BCUT2D eigenvalue weighted by molar-refractivity contribution is 0.140.